The Balaban J connectivity index is 1.16. The van der Waals surface area contributed by atoms with Crippen molar-refractivity contribution in [2.75, 3.05) is 0 Å². The van der Waals surface area contributed by atoms with E-state index in [1.54, 1.807) is 0 Å². The summed E-state index contributed by atoms with van der Waals surface area (Å²) in [5.41, 5.74) is 12.8. The second-order valence-electron chi connectivity index (χ2n) is 12.9. The Morgan fingerprint density at radius 2 is 1.16 bits per heavy atom. The Kier molecular flexibility index (Phi) is 5.00. The van der Waals surface area contributed by atoms with Gasteiger partial charge in [0.15, 0.2) is 0 Å². The van der Waals surface area contributed by atoms with E-state index in [1.165, 1.54) is 81.0 Å². The molecule has 1 aliphatic heterocycles. The SMILES string of the molecule is CC1(C)c2ccccc2-c2c(-c3ccc4c(c3)-c3cccc5c(-c6ccc7sc8ccccc8c7c6)ccc(c35)O4)cccc21. The number of ether oxygens (including phenoxy) is 1. The molecule has 0 saturated carbocycles. The summed E-state index contributed by atoms with van der Waals surface area (Å²) in [6, 6.07) is 49.1. The third kappa shape index (κ3) is 3.43. The largest absolute Gasteiger partial charge is 0.456 e. The molecule has 7 aromatic carbocycles. The maximum Gasteiger partial charge on any atom is 0.135 e. The van der Waals surface area contributed by atoms with Crippen molar-refractivity contribution in [1.82, 2.24) is 0 Å². The Labute approximate surface area is 266 Å². The van der Waals surface area contributed by atoms with Gasteiger partial charge in [-0.1, -0.05) is 111 Å². The molecule has 2 heterocycles. The number of fused-ring (bicyclic) bond motifs is 8. The van der Waals surface area contributed by atoms with Crippen LogP contribution in [0.1, 0.15) is 25.0 Å². The summed E-state index contributed by atoms with van der Waals surface area (Å²) >= 11 is 1.86. The molecule has 2 heteroatoms. The van der Waals surface area contributed by atoms with Crippen LogP contribution in [0.25, 0.3) is 75.5 Å². The van der Waals surface area contributed by atoms with Crippen molar-refractivity contribution < 1.29 is 4.74 Å². The summed E-state index contributed by atoms with van der Waals surface area (Å²) in [4.78, 5) is 0. The van der Waals surface area contributed by atoms with Crippen molar-refractivity contribution in [3.8, 4) is 56.0 Å². The summed E-state index contributed by atoms with van der Waals surface area (Å²) in [6.45, 7) is 4.69. The molecule has 1 nitrogen and oxygen atoms in total. The van der Waals surface area contributed by atoms with E-state index in [1.807, 2.05) is 11.3 Å². The van der Waals surface area contributed by atoms with Gasteiger partial charge in [-0.2, -0.15) is 0 Å². The Hall–Kier alpha value is -5.18. The second kappa shape index (κ2) is 8.94. The average Bonchev–Trinajstić information content (AvgIpc) is 3.57. The monoisotopic (exact) mass is 592 g/mol. The lowest BCUT2D eigenvalue weighted by Gasteiger charge is -2.24. The number of hydrogen-bond donors (Lipinski definition) is 0. The normalized spacial score (nSPS) is 13.9. The van der Waals surface area contributed by atoms with Crippen molar-refractivity contribution in [3.63, 3.8) is 0 Å². The minimum absolute atomic E-state index is 0.0293. The zero-order valence-corrected chi connectivity index (χ0v) is 25.8. The molecule has 0 amide bonds. The van der Waals surface area contributed by atoms with Crippen molar-refractivity contribution in [2.45, 2.75) is 19.3 Å². The smallest absolute Gasteiger partial charge is 0.135 e. The molecule has 8 aromatic rings. The minimum Gasteiger partial charge on any atom is -0.456 e. The second-order valence-corrected chi connectivity index (χ2v) is 13.9. The molecule has 10 rings (SSSR count). The molecule has 0 fully saturated rings. The molecule has 45 heavy (non-hydrogen) atoms. The first-order valence-electron chi connectivity index (χ1n) is 15.6. The highest BCUT2D eigenvalue weighted by atomic mass is 32.1. The molecule has 2 aliphatic rings. The van der Waals surface area contributed by atoms with Crippen LogP contribution in [0.5, 0.6) is 11.5 Å². The van der Waals surface area contributed by atoms with Crippen molar-refractivity contribution >= 4 is 42.3 Å². The molecule has 0 bridgehead atoms. The highest BCUT2D eigenvalue weighted by Gasteiger charge is 2.36. The van der Waals surface area contributed by atoms with Gasteiger partial charge in [0.1, 0.15) is 11.5 Å². The topological polar surface area (TPSA) is 9.23 Å². The van der Waals surface area contributed by atoms with Gasteiger partial charge < -0.3 is 4.74 Å². The number of benzene rings is 7. The first-order valence-corrected chi connectivity index (χ1v) is 16.4. The third-order valence-corrected chi connectivity index (χ3v) is 11.3. The van der Waals surface area contributed by atoms with Crippen LogP contribution in [-0.4, -0.2) is 0 Å². The molecular weight excluding hydrogens is 565 g/mol. The fourth-order valence-electron chi connectivity index (χ4n) is 7.94. The lowest BCUT2D eigenvalue weighted by molar-refractivity contribution is 0.487. The molecule has 0 radical (unpaired) electrons. The van der Waals surface area contributed by atoms with Crippen molar-refractivity contribution in [1.29, 1.82) is 0 Å². The number of hydrogen-bond acceptors (Lipinski definition) is 2. The first-order chi connectivity index (χ1) is 22.1. The average molecular weight is 593 g/mol. The fraction of sp³-hybridized carbons (Fsp3) is 0.0698. The summed E-state index contributed by atoms with van der Waals surface area (Å²) in [7, 11) is 0. The van der Waals surface area contributed by atoms with E-state index >= 15 is 0 Å². The maximum atomic E-state index is 6.63. The molecular formula is C43H28OS. The number of thiophene rings is 1. The van der Waals surface area contributed by atoms with E-state index in [4.69, 9.17) is 4.74 Å². The highest BCUT2D eigenvalue weighted by Crippen LogP contribution is 2.54. The van der Waals surface area contributed by atoms with Gasteiger partial charge in [0, 0.05) is 36.5 Å². The minimum atomic E-state index is -0.0293. The van der Waals surface area contributed by atoms with E-state index in [0.29, 0.717) is 0 Å². The van der Waals surface area contributed by atoms with Gasteiger partial charge in [0.2, 0.25) is 0 Å². The van der Waals surface area contributed by atoms with Gasteiger partial charge in [-0.05, 0) is 91.9 Å². The quantitative estimate of drug-likeness (QED) is 0.194. The van der Waals surface area contributed by atoms with E-state index in [9.17, 15) is 0 Å². The predicted molar refractivity (Wildman–Crippen MR) is 191 cm³/mol. The van der Waals surface area contributed by atoms with Gasteiger partial charge >= 0.3 is 0 Å². The van der Waals surface area contributed by atoms with Crippen molar-refractivity contribution in [2.24, 2.45) is 0 Å². The van der Waals surface area contributed by atoms with Gasteiger partial charge in [0.25, 0.3) is 0 Å². The van der Waals surface area contributed by atoms with Crippen LogP contribution in [0.3, 0.4) is 0 Å². The summed E-state index contributed by atoms with van der Waals surface area (Å²) in [5, 5.41) is 5.04. The molecule has 212 valence electrons. The highest BCUT2D eigenvalue weighted by molar-refractivity contribution is 7.25. The standard InChI is InChI=1S/C43H28OS/c1-43(2)35-14-5-3-10-32(35)41-28(11-8-15-36(41)43)26-17-20-37-33(23-26)31-13-7-12-30-27(19-21-38(44-37)42(30)31)25-18-22-40-34(24-25)29-9-4-6-16-39(29)45-40/h3-24H,1-2H3. The van der Waals surface area contributed by atoms with Gasteiger partial charge in [-0.3, -0.25) is 0 Å². The molecule has 0 N–H and O–H groups in total. The van der Waals surface area contributed by atoms with Crippen LogP contribution >= 0.6 is 11.3 Å². The maximum absolute atomic E-state index is 6.63. The van der Waals surface area contributed by atoms with Gasteiger partial charge in [-0.15, -0.1) is 11.3 Å². The number of rotatable bonds is 2. The van der Waals surface area contributed by atoms with Gasteiger partial charge in [0.05, 0.1) is 0 Å². The van der Waals surface area contributed by atoms with E-state index < -0.39 is 0 Å². The van der Waals surface area contributed by atoms with Crippen LogP contribution in [0, 0.1) is 0 Å². The van der Waals surface area contributed by atoms with Crippen LogP contribution in [0.15, 0.2) is 133 Å². The van der Waals surface area contributed by atoms with Crippen LogP contribution in [0.4, 0.5) is 0 Å². The van der Waals surface area contributed by atoms with Crippen molar-refractivity contribution in [3.05, 3.63) is 145 Å². The zero-order chi connectivity index (χ0) is 29.9. The van der Waals surface area contributed by atoms with Crippen LogP contribution in [-0.2, 0) is 5.41 Å². The molecule has 0 spiro atoms. The first kappa shape index (κ1) is 25.2. The molecule has 0 saturated heterocycles. The lowest BCUT2D eigenvalue weighted by atomic mass is 9.82. The zero-order valence-electron chi connectivity index (χ0n) is 25.0. The van der Waals surface area contributed by atoms with E-state index in [0.717, 1.165) is 17.1 Å². The molecule has 0 atom stereocenters. The molecule has 0 unspecified atom stereocenters. The van der Waals surface area contributed by atoms with E-state index in [2.05, 4.69) is 147 Å². The van der Waals surface area contributed by atoms with Gasteiger partial charge in [-0.25, -0.2) is 0 Å². The Bertz CT molecular complexity index is 2550. The lowest BCUT2D eigenvalue weighted by Crippen LogP contribution is -2.14. The Morgan fingerprint density at radius 1 is 0.467 bits per heavy atom. The summed E-state index contributed by atoms with van der Waals surface area (Å²) in [6.07, 6.45) is 0. The van der Waals surface area contributed by atoms with Crippen LogP contribution in [0.2, 0.25) is 0 Å². The summed E-state index contributed by atoms with van der Waals surface area (Å²) in [5.74, 6) is 1.83. The fourth-order valence-corrected chi connectivity index (χ4v) is 9.03. The van der Waals surface area contributed by atoms with Crippen LogP contribution < -0.4 is 4.74 Å². The third-order valence-electron chi connectivity index (χ3n) is 10.1. The molecule has 1 aliphatic carbocycles. The molecule has 1 aromatic heterocycles. The summed E-state index contributed by atoms with van der Waals surface area (Å²) < 4.78 is 9.29. The Morgan fingerprint density at radius 3 is 2.11 bits per heavy atom. The predicted octanol–water partition coefficient (Wildman–Crippen LogP) is 12.6. The van der Waals surface area contributed by atoms with E-state index in [-0.39, 0.29) is 5.41 Å².